The van der Waals surface area contributed by atoms with Gasteiger partial charge in [0.15, 0.2) is 0 Å². The van der Waals surface area contributed by atoms with Crippen LogP contribution in [0.5, 0.6) is 0 Å². The summed E-state index contributed by atoms with van der Waals surface area (Å²) in [6.07, 6.45) is 2.26. The molecule has 0 saturated carbocycles. The number of alkyl halides is 1. The standard InChI is InChI=1S/C10H12BrN3O2S/c1-6(2)7(11)5-8-9(14(15)16)13-3-4-17-10(13)12-8/h3-4,6-7H,5H2,1-2H3. The van der Waals surface area contributed by atoms with Gasteiger partial charge in [0, 0.05) is 16.6 Å². The van der Waals surface area contributed by atoms with Gasteiger partial charge in [-0.1, -0.05) is 41.1 Å². The Labute approximate surface area is 111 Å². The van der Waals surface area contributed by atoms with Crippen LogP contribution in [0.2, 0.25) is 0 Å². The Balaban J connectivity index is 2.42. The minimum absolute atomic E-state index is 0.0892. The Hall–Kier alpha value is -0.950. The lowest BCUT2D eigenvalue weighted by molar-refractivity contribution is -0.391. The van der Waals surface area contributed by atoms with Gasteiger partial charge in [0.2, 0.25) is 0 Å². The molecule has 0 radical (unpaired) electrons. The predicted octanol–water partition coefficient (Wildman–Crippen LogP) is 3.27. The van der Waals surface area contributed by atoms with Crippen LogP contribution < -0.4 is 0 Å². The van der Waals surface area contributed by atoms with Crippen LogP contribution in [0.25, 0.3) is 4.96 Å². The summed E-state index contributed by atoms with van der Waals surface area (Å²) in [5.74, 6) is 0.501. The average Bonchev–Trinajstić information content (AvgIpc) is 2.75. The van der Waals surface area contributed by atoms with E-state index >= 15 is 0 Å². The zero-order chi connectivity index (χ0) is 12.6. The molecule has 0 saturated heterocycles. The SMILES string of the molecule is CC(C)C(Br)Cc1nc2sccn2c1[N+](=O)[O-]. The molecule has 2 heterocycles. The second-order valence-corrected chi connectivity index (χ2v) is 6.21. The van der Waals surface area contributed by atoms with E-state index in [1.54, 1.807) is 16.0 Å². The summed E-state index contributed by atoms with van der Waals surface area (Å²) in [5, 5.41) is 12.9. The highest BCUT2D eigenvalue weighted by Gasteiger charge is 2.25. The van der Waals surface area contributed by atoms with Gasteiger partial charge in [-0.05, 0) is 10.8 Å². The molecule has 2 aromatic rings. The maximum Gasteiger partial charge on any atom is 0.351 e. The van der Waals surface area contributed by atoms with E-state index in [1.807, 2.05) is 0 Å². The summed E-state index contributed by atoms with van der Waals surface area (Å²) in [5.41, 5.74) is 0.553. The fraction of sp³-hybridized carbons (Fsp3) is 0.500. The van der Waals surface area contributed by atoms with Crippen LogP contribution in [0.1, 0.15) is 19.5 Å². The fourth-order valence-electron chi connectivity index (χ4n) is 1.57. The van der Waals surface area contributed by atoms with Crippen LogP contribution in [-0.4, -0.2) is 19.1 Å². The highest BCUT2D eigenvalue weighted by atomic mass is 79.9. The smallest absolute Gasteiger partial charge is 0.351 e. The molecule has 5 nitrogen and oxygen atoms in total. The van der Waals surface area contributed by atoms with Crippen molar-refractivity contribution in [2.45, 2.75) is 25.1 Å². The van der Waals surface area contributed by atoms with Crippen molar-refractivity contribution in [1.82, 2.24) is 9.38 Å². The van der Waals surface area contributed by atoms with Gasteiger partial charge >= 0.3 is 5.82 Å². The van der Waals surface area contributed by atoms with E-state index < -0.39 is 0 Å². The van der Waals surface area contributed by atoms with Gasteiger partial charge in [0.25, 0.3) is 4.96 Å². The molecule has 1 atom stereocenters. The average molecular weight is 318 g/mol. The number of imidazole rings is 1. The van der Waals surface area contributed by atoms with E-state index in [0.717, 1.165) is 0 Å². The molecule has 92 valence electrons. The quantitative estimate of drug-likeness (QED) is 0.494. The van der Waals surface area contributed by atoms with Crippen LogP contribution in [-0.2, 0) is 6.42 Å². The molecule has 0 N–H and O–H groups in total. The number of halogens is 1. The summed E-state index contributed by atoms with van der Waals surface area (Å²) < 4.78 is 1.54. The lowest BCUT2D eigenvalue weighted by Gasteiger charge is -2.11. The molecule has 0 spiro atoms. The van der Waals surface area contributed by atoms with Crippen molar-refractivity contribution in [3.05, 3.63) is 27.4 Å². The maximum absolute atomic E-state index is 11.1. The van der Waals surface area contributed by atoms with Crippen molar-refractivity contribution in [2.75, 3.05) is 0 Å². The van der Waals surface area contributed by atoms with Gasteiger partial charge in [-0.25, -0.2) is 0 Å². The van der Waals surface area contributed by atoms with Crippen LogP contribution >= 0.6 is 27.3 Å². The first kappa shape index (κ1) is 12.5. The van der Waals surface area contributed by atoms with Crippen LogP contribution in [0, 0.1) is 16.0 Å². The van der Waals surface area contributed by atoms with E-state index in [-0.39, 0.29) is 15.6 Å². The Kier molecular flexibility index (Phi) is 3.48. The molecule has 2 aromatic heterocycles. The number of rotatable bonds is 4. The number of aromatic nitrogens is 2. The molecule has 0 fully saturated rings. The van der Waals surface area contributed by atoms with Crippen molar-refractivity contribution in [3.63, 3.8) is 0 Å². The third-order valence-corrected chi connectivity index (χ3v) is 4.73. The van der Waals surface area contributed by atoms with Crippen LogP contribution in [0.4, 0.5) is 5.82 Å². The molecule has 0 aliphatic carbocycles. The van der Waals surface area contributed by atoms with E-state index in [9.17, 15) is 10.1 Å². The Morgan fingerprint density at radius 2 is 2.35 bits per heavy atom. The Bertz CT molecular complexity index is 549. The molecular weight excluding hydrogens is 306 g/mol. The number of nitrogens with zero attached hydrogens (tertiary/aromatic N) is 3. The first-order chi connectivity index (χ1) is 8.00. The van der Waals surface area contributed by atoms with Crippen LogP contribution in [0.3, 0.4) is 0 Å². The van der Waals surface area contributed by atoms with E-state index in [4.69, 9.17) is 0 Å². The molecule has 7 heteroatoms. The van der Waals surface area contributed by atoms with Gasteiger partial charge in [0.1, 0.15) is 11.9 Å². The molecule has 0 aliphatic rings. The summed E-state index contributed by atoms with van der Waals surface area (Å²) >= 11 is 4.95. The second-order valence-electron chi connectivity index (χ2n) is 4.16. The third-order valence-electron chi connectivity index (χ3n) is 2.59. The van der Waals surface area contributed by atoms with Gasteiger partial charge < -0.3 is 10.1 Å². The molecule has 17 heavy (non-hydrogen) atoms. The summed E-state index contributed by atoms with van der Waals surface area (Å²) in [6.45, 7) is 4.15. The minimum Gasteiger partial charge on any atom is -0.358 e. The predicted molar refractivity (Wildman–Crippen MR) is 71.0 cm³/mol. The Morgan fingerprint density at radius 1 is 1.65 bits per heavy atom. The van der Waals surface area contributed by atoms with Crippen molar-refractivity contribution < 1.29 is 4.92 Å². The summed E-state index contributed by atoms with van der Waals surface area (Å²) in [6, 6.07) is 0. The van der Waals surface area contributed by atoms with Crippen molar-refractivity contribution >= 4 is 38.0 Å². The molecular formula is C10H12BrN3O2S. The first-order valence-corrected chi connectivity index (χ1v) is 7.03. The van der Waals surface area contributed by atoms with Gasteiger partial charge in [0.05, 0.1) is 0 Å². The molecule has 1 unspecified atom stereocenters. The van der Waals surface area contributed by atoms with E-state index in [0.29, 0.717) is 23.0 Å². The van der Waals surface area contributed by atoms with Gasteiger partial charge in [-0.15, -0.1) is 0 Å². The number of fused-ring (bicyclic) bond motifs is 1. The molecule has 0 bridgehead atoms. The maximum atomic E-state index is 11.1. The highest BCUT2D eigenvalue weighted by molar-refractivity contribution is 9.09. The summed E-state index contributed by atoms with van der Waals surface area (Å²) in [4.78, 5) is 15.9. The second kappa shape index (κ2) is 4.73. The van der Waals surface area contributed by atoms with Crippen molar-refractivity contribution in [3.8, 4) is 0 Å². The zero-order valence-corrected chi connectivity index (χ0v) is 11.9. The number of thiazole rings is 1. The molecule has 0 amide bonds. The fourth-order valence-corrected chi connectivity index (χ4v) is 2.60. The monoisotopic (exact) mass is 317 g/mol. The first-order valence-electron chi connectivity index (χ1n) is 5.23. The largest absolute Gasteiger partial charge is 0.358 e. The normalized spacial score (nSPS) is 13.4. The lowest BCUT2D eigenvalue weighted by Crippen LogP contribution is -2.12. The van der Waals surface area contributed by atoms with Gasteiger partial charge in [-0.3, -0.25) is 0 Å². The van der Waals surface area contributed by atoms with Crippen molar-refractivity contribution in [2.24, 2.45) is 5.92 Å². The zero-order valence-electron chi connectivity index (χ0n) is 9.46. The molecule has 2 rings (SSSR count). The Morgan fingerprint density at radius 3 is 2.94 bits per heavy atom. The molecule has 0 aromatic carbocycles. The lowest BCUT2D eigenvalue weighted by atomic mass is 10.1. The topological polar surface area (TPSA) is 60.4 Å². The van der Waals surface area contributed by atoms with Gasteiger partial charge in [-0.2, -0.15) is 9.38 Å². The third kappa shape index (κ3) is 2.35. The molecule has 0 aliphatic heterocycles. The number of nitro groups is 1. The van der Waals surface area contributed by atoms with E-state index in [1.165, 1.54) is 11.3 Å². The van der Waals surface area contributed by atoms with E-state index in [2.05, 4.69) is 34.8 Å². The van der Waals surface area contributed by atoms with Crippen molar-refractivity contribution in [1.29, 1.82) is 0 Å². The summed E-state index contributed by atoms with van der Waals surface area (Å²) in [7, 11) is 0. The highest BCUT2D eigenvalue weighted by Crippen LogP contribution is 2.27. The number of hydrogen-bond acceptors (Lipinski definition) is 4. The number of hydrogen-bond donors (Lipinski definition) is 0. The minimum atomic E-state index is -0.359. The van der Waals surface area contributed by atoms with Crippen LogP contribution in [0.15, 0.2) is 11.6 Å².